The number of ether oxygens (including phenoxy) is 1. The van der Waals surface area contributed by atoms with E-state index < -0.39 is 6.10 Å². The Hall–Kier alpha value is -0.490. The summed E-state index contributed by atoms with van der Waals surface area (Å²) in [6.07, 6.45) is 0.752. The van der Waals surface area contributed by atoms with Crippen molar-refractivity contribution in [2.75, 3.05) is 19.8 Å². The van der Waals surface area contributed by atoms with Crippen LogP contribution in [0.1, 0.15) is 24.5 Å². The Labute approximate surface area is 114 Å². The second-order valence-electron chi connectivity index (χ2n) is 4.75. The van der Waals surface area contributed by atoms with Gasteiger partial charge in [-0.05, 0) is 46.5 Å². The van der Waals surface area contributed by atoms with Crippen molar-refractivity contribution in [2.24, 2.45) is 11.1 Å². The highest BCUT2D eigenvalue weighted by atomic mass is 79.9. The Morgan fingerprint density at radius 2 is 2.11 bits per heavy atom. The molecule has 1 saturated heterocycles. The standard InChI is InChI=1S/C13H17BrFNO2/c14-10-7-9(1-2-11(10)15)12(17)13(8-16)3-5-18-6-4-13/h1-2,7,12,17H,3-6,8,16H2. The molecule has 2 rings (SSSR count). The largest absolute Gasteiger partial charge is 0.388 e. The first-order valence-corrected chi connectivity index (χ1v) is 6.79. The Morgan fingerprint density at radius 1 is 1.44 bits per heavy atom. The fourth-order valence-electron chi connectivity index (χ4n) is 2.40. The van der Waals surface area contributed by atoms with E-state index in [1.165, 1.54) is 6.07 Å². The quantitative estimate of drug-likeness (QED) is 0.900. The van der Waals surface area contributed by atoms with Crippen LogP contribution in [0, 0.1) is 11.2 Å². The minimum Gasteiger partial charge on any atom is -0.388 e. The van der Waals surface area contributed by atoms with Crippen molar-refractivity contribution in [2.45, 2.75) is 18.9 Å². The number of hydrogen-bond acceptors (Lipinski definition) is 3. The van der Waals surface area contributed by atoms with Gasteiger partial charge in [0.15, 0.2) is 0 Å². The summed E-state index contributed by atoms with van der Waals surface area (Å²) in [4.78, 5) is 0. The van der Waals surface area contributed by atoms with E-state index in [0.717, 1.165) is 12.8 Å². The first-order valence-electron chi connectivity index (χ1n) is 6.00. The summed E-state index contributed by atoms with van der Waals surface area (Å²) in [7, 11) is 0. The lowest BCUT2D eigenvalue weighted by atomic mass is 9.73. The zero-order valence-electron chi connectivity index (χ0n) is 10.0. The molecule has 0 radical (unpaired) electrons. The van der Waals surface area contributed by atoms with Crippen LogP contribution in [-0.2, 0) is 4.74 Å². The van der Waals surface area contributed by atoms with Crippen molar-refractivity contribution in [3.05, 3.63) is 34.1 Å². The molecule has 0 aliphatic carbocycles. The third kappa shape index (κ3) is 2.59. The second kappa shape index (κ2) is 5.65. The van der Waals surface area contributed by atoms with E-state index in [1.54, 1.807) is 12.1 Å². The summed E-state index contributed by atoms with van der Waals surface area (Å²) in [6.45, 7) is 1.61. The van der Waals surface area contributed by atoms with Crippen molar-refractivity contribution in [1.29, 1.82) is 0 Å². The monoisotopic (exact) mass is 317 g/mol. The van der Waals surface area contributed by atoms with Crippen LogP contribution >= 0.6 is 15.9 Å². The van der Waals surface area contributed by atoms with E-state index in [1.807, 2.05) is 0 Å². The van der Waals surface area contributed by atoms with Crippen molar-refractivity contribution in [1.82, 2.24) is 0 Å². The van der Waals surface area contributed by atoms with E-state index in [9.17, 15) is 9.50 Å². The predicted molar refractivity (Wildman–Crippen MR) is 70.6 cm³/mol. The lowest BCUT2D eigenvalue weighted by Gasteiger charge is -2.40. The minimum absolute atomic E-state index is 0.334. The molecular formula is C13H17BrFNO2. The van der Waals surface area contributed by atoms with Crippen molar-refractivity contribution >= 4 is 15.9 Å². The molecule has 1 aromatic rings. The fourth-order valence-corrected chi connectivity index (χ4v) is 2.80. The average molecular weight is 318 g/mol. The summed E-state index contributed by atoms with van der Waals surface area (Å²) in [6, 6.07) is 4.58. The summed E-state index contributed by atoms with van der Waals surface area (Å²) >= 11 is 3.14. The number of hydrogen-bond donors (Lipinski definition) is 2. The smallest absolute Gasteiger partial charge is 0.137 e. The third-order valence-electron chi connectivity index (χ3n) is 3.73. The first kappa shape index (κ1) is 13.9. The molecule has 1 atom stereocenters. The van der Waals surface area contributed by atoms with E-state index >= 15 is 0 Å². The lowest BCUT2D eigenvalue weighted by molar-refractivity contribution is -0.0581. The number of benzene rings is 1. The third-order valence-corrected chi connectivity index (χ3v) is 4.34. The van der Waals surface area contributed by atoms with Gasteiger partial charge in [-0.15, -0.1) is 0 Å². The van der Waals surface area contributed by atoms with Crippen LogP contribution in [0.4, 0.5) is 4.39 Å². The highest BCUT2D eigenvalue weighted by Gasteiger charge is 2.39. The van der Waals surface area contributed by atoms with Gasteiger partial charge in [0.25, 0.3) is 0 Å². The van der Waals surface area contributed by atoms with Gasteiger partial charge < -0.3 is 15.6 Å². The Kier molecular flexibility index (Phi) is 4.37. The molecule has 1 fully saturated rings. The van der Waals surface area contributed by atoms with Crippen LogP contribution < -0.4 is 5.73 Å². The summed E-state index contributed by atoms with van der Waals surface area (Å²) in [5, 5.41) is 10.5. The van der Waals surface area contributed by atoms with Crippen LogP contribution in [0.15, 0.2) is 22.7 Å². The van der Waals surface area contributed by atoms with Gasteiger partial charge in [0, 0.05) is 25.2 Å². The maximum Gasteiger partial charge on any atom is 0.137 e. The predicted octanol–water partition coefficient (Wildman–Crippen LogP) is 2.38. The van der Waals surface area contributed by atoms with Crippen LogP contribution in [0.25, 0.3) is 0 Å². The normalized spacial score (nSPS) is 20.7. The van der Waals surface area contributed by atoms with Gasteiger partial charge in [-0.3, -0.25) is 0 Å². The van der Waals surface area contributed by atoms with Gasteiger partial charge >= 0.3 is 0 Å². The molecule has 1 aliphatic rings. The molecule has 3 nitrogen and oxygen atoms in total. The van der Waals surface area contributed by atoms with Gasteiger partial charge in [0.1, 0.15) is 5.82 Å². The maximum atomic E-state index is 13.2. The molecule has 1 aliphatic heterocycles. The van der Waals surface area contributed by atoms with Crippen LogP contribution in [-0.4, -0.2) is 24.9 Å². The SMILES string of the molecule is NCC1(C(O)c2ccc(F)c(Br)c2)CCOCC1. The highest BCUT2D eigenvalue weighted by molar-refractivity contribution is 9.10. The fraction of sp³-hybridized carbons (Fsp3) is 0.538. The van der Waals surface area contributed by atoms with Gasteiger partial charge in [-0.2, -0.15) is 0 Å². The topological polar surface area (TPSA) is 55.5 Å². The summed E-state index contributed by atoms with van der Waals surface area (Å²) < 4.78 is 18.9. The number of rotatable bonds is 3. The maximum absolute atomic E-state index is 13.2. The molecular weight excluding hydrogens is 301 g/mol. The minimum atomic E-state index is -0.691. The molecule has 18 heavy (non-hydrogen) atoms. The molecule has 100 valence electrons. The second-order valence-corrected chi connectivity index (χ2v) is 5.61. The molecule has 0 aromatic heterocycles. The molecule has 0 saturated carbocycles. The van der Waals surface area contributed by atoms with E-state index in [2.05, 4.69) is 15.9 Å². The molecule has 0 amide bonds. The van der Waals surface area contributed by atoms with Crippen molar-refractivity contribution < 1.29 is 14.2 Å². The number of aliphatic hydroxyl groups is 1. The summed E-state index contributed by atoms with van der Waals surface area (Å²) in [5.74, 6) is -0.334. The highest BCUT2D eigenvalue weighted by Crippen LogP contribution is 2.42. The molecule has 1 heterocycles. The van der Waals surface area contributed by atoms with E-state index in [4.69, 9.17) is 10.5 Å². The molecule has 3 N–H and O–H groups in total. The van der Waals surface area contributed by atoms with E-state index in [-0.39, 0.29) is 11.2 Å². The zero-order chi connectivity index (χ0) is 13.2. The van der Waals surface area contributed by atoms with Crippen molar-refractivity contribution in [3.8, 4) is 0 Å². The number of nitrogens with two attached hydrogens (primary N) is 1. The summed E-state index contributed by atoms with van der Waals surface area (Å²) in [5.41, 5.74) is 6.17. The van der Waals surface area contributed by atoms with Gasteiger partial charge in [-0.1, -0.05) is 6.07 Å². The first-order chi connectivity index (χ1) is 8.59. The molecule has 0 spiro atoms. The van der Waals surface area contributed by atoms with Gasteiger partial charge in [-0.25, -0.2) is 4.39 Å². The Balaban J connectivity index is 2.27. The molecule has 5 heteroatoms. The molecule has 1 unspecified atom stereocenters. The van der Waals surface area contributed by atoms with Crippen LogP contribution in [0.3, 0.4) is 0 Å². The number of halogens is 2. The Morgan fingerprint density at radius 3 is 2.67 bits per heavy atom. The zero-order valence-corrected chi connectivity index (χ0v) is 11.6. The number of aliphatic hydroxyl groups excluding tert-OH is 1. The molecule has 0 bridgehead atoms. The lowest BCUT2D eigenvalue weighted by Crippen LogP contribution is -2.41. The van der Waals surface area contributed by atoms with Crippen molar-refractivity contribution in [3.63, 3.8) is 0 Å². The average Bonchev–Trinajstić information content (AvgIpc) is 2.42. The Bertz CT molecular complexity index is 421. The van der Waals surface area contributed by atoms with E-state index in [0.29, 0.717) is 29.8 Å². The van der Waals surface area contributed by atoms with Gasteiger partial charge in [0.05, 0.1) is 10.6 Å². The van der Waals surface area contributed by atoms with Gasteiger partial charge in [0.2, 0.25) is 0 Å². The van der Waals surface area contributed by atoms with Crippen LogP contribution in [0.2, 0.25) is 0 Å². The molecule has 1 aromatic carbocycles. The van der Waals surface area contributed by atoms with Crippen LogP contribution in [0.5, 0.6) is 0 Å².